The summed E-state index contributed by atoms with van der Waals surface area (Å²) >= 11 is 0. The number of phosphoric acid groups is 1. The molecule has 0 bridgehead atoms. The molecule has 258 valence electrons. The lowest BCUT2D eigenvalue weighted by molar-refractivity contribution is -0.138. The van der Waals surface area contributed by atoms with Crippen LogP contribution in [0, 0.1) is 25.6 Å². The summed E-state index contributed by atoms with van der Waals surface area (Å²) in [5.74, 6) is -3.31. The first-order chi connectivity index (χ1) is 22.6. The molecule has 3 aromatic carbocycles. The molecule has 2 fully saturated rings. The van der Waals surface area contributed by atoms with Gasteiger partial charge in [-0.1, -0.05) is 43.2 Å². The van der Waals surface area contributed by atoms with Crippen LogP contribution < -0.4 is 10.2 Å². The molecule has 1 saturated heterocycles. The van der Waals surface area contributed by atoms with Crippen molar-refractivity contribution in [1.29, 1.82) is 0 Å². The first kappa shape index (κ1) is 35.5. The molecule has 5 rings (SSSR count). The van der Waals surface area contributed by atoms with E-state index in [4.69, 9.17) is 0 Å². The van der Waals surface area contributed by atoms with Crippen molar-refractivity contribution >= 4 is 31.0 Å². The highest BCUT2D eigenvalue weighted by Gasteiger charge is 2.43. The van der Waals surface area contributed by atoms with E-state index in [1.165, 1.54) is 30.0 Å². The van der Waals surface area contributed by atoms with Gasteiger partial charge in [0.05, 0.1) is 23.1 Å². The van der Waals surface area contributed by atoms with Crippen LogP contribution >= 0.6 is 7.82 Å². The van der Waals surface area contributed by atoms with Gasteiger partial charge in [-0.25, -0.2) is 8.96 Å². The predicted octanol–water partition coefficient (Wildman–Crippen LogP) is 7.51. The number of carbonyl (C=O) groups is 2. The Morgan fingerprint density at radius 3 is 2.29 bits per heavy atom. The minimum Gasteiger partial charge on any atom is -0.382 e. The van der Waals surface area contributed by atoms with Crippen LogP contribution in [0.1, 0.15) is 77.2 Å². The number of benzene rings is 3. The van der Waals surface area contributed by atoms with Crippen LogP contribution in [0.3, 0.4) is 0 Å². The van der Waals surface area contributed by atoms with Gasteiger partial charge in [0.1, 0.15) is 12.5 Å². The van der Waals surface area contributed by atoms with E-state index < -0.39 is 55.9 Å². The van der Waals surface area contributed by atoms with Crippen LogP contribution in [0.5, 0.6) is 0 Å². The number of hydrogen-bond acceptors (Lipinski definition) is 5. The van der Waals surface area contributed by atoms with E-state index in [2.05, 4.69) is 9.84 Å². The minimum atomic E-state index is -5.17. The molecule has 2 amide bonds. The quantitative estimate of drug-likeness (QED) is 0.121. The molecular formula is C34H38F4N3O6P. The molecular weight excluding hydrogens is 653 g/mol. The second-order valence-electron chi connectivity index (χ2n) is 12.4. The zero-order valence-electron chi connectivity index (χ0n) is 26.5. The minimum absolute atomic E-state index is 0.117. The third-order valence-corrected chi connectivity index (χ3v) is 9.53. The molecule has 1 aliphatic heterocycles. The maximum absolute atomic E-state index is 15.1. The molecule has 1 aliphatic carbocycles. The Morgan fingerprint density at radius 1 is 0.979 bits per heavy atom. The molecule has 0 spiro atoms. The lowest BCUT2D eigenvalue weighted by atomic mass is 9.82. The normalized spacial score (nSPS) is 19.0. The molecule has 3 aromatic rings. The Hall–Kier alpha value is -3.77. The number of alkyl halides is 3. The molecule has 2 atom stereocenters. The Bertz CT molecular complexity index is 1670. The Morgan fingerprint density at radius 2 is 1.67 bits per heavy atom. The van der Waals surface area contributed by atoms with Crippen LogP contribution in [-0.2, 0) is 20.1 Å². The smallest absolute Gasteiger partial charge is 0.382 e. The topological polar surface area (TPSA) is 119 Å². The zero-order valence-corrected chi connectivity index (χ0v) is 27.4. The number of rotatable bonds is 9. The van der Waals surface area contributed by atoms with Gasteiger partial charge in [-0.3, -0.25) is 19.0 Å². The van der Waals surface area contributed by atoms with Crippen molar-refractivity contribution in [3.05, 3.63) is 94.3 Å². The van der Waals surface area contributed by atoms with Crippen molar-refractivity contribution in [3.63, 3.8) is 0 Å². The molecule has 0 radical (unpaired) electrons. The number of anilines is 2. The van der Waals surface area contributed by atoms with E-state index >= 15 is 4.39 Å². The lowest BCUT2D eigenvalue weighted by Crippen LogP contribution is -2.49. The number of likely N-dealkylation sites (tertiary alicyclic amines) is 1. The number of carbonyl (C=O) groups excluding carboxylic acids is 2. The monoisotopic (exact) mass is 691 g/mol. The van der Waals surface area contributed by atoms with E-state index in [0.717, 1.165) is 48.4 Å². The largest absolute Gasteiger partial charge is 0.471 e. The standard InChI is InChI=1S/C34H38F4N3O6P/c1-21-12-17-26(19-28(21)34(36,37)38)41(20-47-48(44,45)46)32(42)27-10-6-18-40(33(43)30-22(2)7-5-11-29(30)35)31(27)23-13-15-25(16-14-23)39-24-8-3-4-9-24/h5,7,11-17,19,24,27,31,39H,3-4,6,8-10,18,20H2,1-2H3,(H2,44,45,46)/t27-,31-/m0/s1. The number of amides is 2. The highest BCUT2D eigenvalue weighted by atomic mass is 31.2. The van der Waals surface area contributed by atoms with Crippen LogP contribution in [0.2, 0.25) is 0 Å². The fraction of sp³-hybridized carbons (Fsp3) is 0.412. The van der Waals surface area contributed by atoms with E-state index in [1.54, 1.807) is 25.1 Å². The number of nitrogens with one attached hydrogen (secondary N) is 1. The number of nitrogens with zero attached hydrogens (tertiary/aromatic N) is 2. The summed E-state index contributed by atoms with van der Waals surface area (Å²) in [4.78, 5) is 49.6. The van der Waals surface area contributed by atoms with Crippen molar-refractivity contribution < 1.29 is 46.0 Å². The average Bonchev–Trinajstić information content (AvgIpc) is 3.53. The van der Waals surface area contributed by atoms with Gasteiger partial charge in [-0.15, -0.1) is 0 Å². The summed E-state index contributed by atoms with van der Waals surface area (Å²) in [5, 5.41) is 3.48. The van der Waals surface area contributed by atoms with E-state index in [-0.39, 0.29) is 29.8 Å². The third-order valence-electron chi connectivity index (χ3n) is 9.08. The zero-order chi connectivity index (χ0) is 34.8. The highest BCUT2D eigenvalue weighted by Crippen LogP contribution is 2.42. The first-order valence-corrected chi connectivity index (χ1v) is 17.3. The number of piperidine rings is 1. The molecule has 0 unspecified atom stereocenters. The molecule has 2 aliphatic rings. The summed E-state index contributed by atoms with van der Waals surface area (Å²) in [7, 11) is -5.17. The third kappa shape index (κ3) is 8.08. The molecule has 1 heterocycles. The van der Waals surface area contributed by atoms with Gasteiger partial charge in [0, 0.05) is 24.0 Å². The van der Waals surface area contributed by atoms with Crippen LogP contribution in [0.4, 0.5) is 28.9 Å². The maximum atomic E-state index is 15.1. The lowest BCUT2D eigenvalue weighted by Gasteiger charge is -2.43. The van der Waals surface area contributed by atoms with Crippen LogP contribution in [0.15, 0.2) is 60.7 Å². The highest BCUT2D eigenvalue weighted by molar-refractivity contribution is 7.46. The number of hydrogen-bond donors (Lipinski definition) is 3. The second kappa shape index (κ2) is 14.4. The fourth-order valence-electron chi connectivity index (χ4n) is 6.70. The number of phosphoric ester groups is 1. The van der Waals surface area contributed by atoms with Crippen molar-refractivity contribution in [2.45, 2.75) is 70.6 Å². The van der Waals surface area contributed by atoms with E-state index in [1.807, 2.05) is 12.1 Å². The summed E-state index contributed by atoms with van der Waals surface area (Å²) in [6, 6.07) is 13.8. The van der Waals surface area contributed by atoms with Crippen molar-refractivity contribution in [1.82, 2.24) is 4.90 Å². The Kier molecular flexibility index (Phi) is 10.6. The second-order valence-corrected chi connectivity index (χ2v) is 13.6. The Balaban J connectivity index is 1.58. The first-order valence-electron chi connectivity index (χ1n) is 15.8. The summed E-state index contributed by atoms with van der Waals surface area (Å²) in [5.41, 5.74) is 0.144. The van der Waals surface area contributed by atoms with Crippen molar-refractivity contribution in [2.75, 3.05) is 23.5 Å². The average molecular weight is 692 g/mol. The van der Waals surface area contributed by atoms with Crippen LogP contribution in [0.25, 0.3) is 0 Å². The maximum Gasteiger partial charge on any atom is 0.471 e. The molecule has 14 heteroatoms. The number of aryl methyl sites for hydroxylation is 2. The van der Waals surface area contributed by atoms with Gasteiger partial charge in [0.2, 0.25) is 5.91 Å². The summed E-state index contributed by atoms with van der Waals surface area (Å²) < 4.78 is 73.2. The van der Waals surface area contributed by atoms with Gasteiger partial charge in [0.25, 0.3) is 5.91 Å². The molecule has 48 heavy (non-hydrogen) atoms. The summed E-state index contributed by atoms with van der Waals surface area (Å²) in [6.07, 6.45) is 0.0169. The molecule has 0 aromatic heterocycles. The van der Waals surface area contributed by atoms with E-state index in [9.17, 15) is 37.1 Å². The predicted molar refractivity (Wildman–Crippen MR) is 172 cm³/mol. The summed E-state index contributed by atoms with van der Waals surface area (Å²) in [6.45, 7) is 1.95. The van der Waals surface area contributed by atoms with Gasteiger partial charge < -0.3 is 20.0 Å². The van der Waals surface area contributed by atoms with Crippen molar-refractivity contribution in [2.24, 2.45) is 5.92 Å². The van der Waals surface area contributed by atoms with Gasteiger partial charge >= 0.3 is 14.0 Å². The van der Waals surface area contributed by atoms with Crippen molar-refractivity contribution in [3.8, 4) is 0 Å². The van der Waals surface area contributed by atoms with Crippen LogP contribution in [-0.4, -0.2) is 45.8 Å². The van der Waals surface area contributed by atoms with E-state index in [0.29, 0.717) is 23.6 Å². The van der Waals surface area contributed by atoms with Gasteiger partial charge in [0.15, 0.2) is 0 Å². The van der Waals surface area contributed by atoms with Gasteiger partial charge in [-0.2, -0.15) is 13.2 Å². The molecule has 1 saturated carbocycles. The number of halogens is 4. The van der Waals surface area contributed by atoms with Gasteiger partial charge in [-0.05, 0) is 86.6 Å². The SMILES string of the molecule is Cc1ccc(N(COP(=O)(O)O)C(=O)[C@H]2CCCN(C(=O)c3c(C)cccc3F)[C@H]2c2ccc(NC3CCCC3)cc2)cc1C(F)(F)F. The fourth-order valence-corrected chi connectivity index (χ4v) is 6.97. The Labute approximate surface area is 276 Å². The molecule has 3 N–H and O–H groups in total. The molecule has 9 nitrogen and oxygen atoms in total.